The summed E-state index contributed by atoms with van der Waals surface area (Å²) in [5, 5.41) is 9.40. The molecule has 3 nitrogen and oxygen atoms in total. The van der Waals surface area contributed by atoms with E-state index in [0.29, 0.717) is 0 Å². The quantitative estimate of drug-likeness (QED) is 0.674. The summed E-state index contributed by atoms with van der Waals surface area (Å²) in [5.74, 6) is -0.218. The summed E-state index contributed by atoms with van der Waals surface area (Å²) in [6.07, 6.45) is 1.97. The van der Waals surface area contributed by atoms with Gasteiger partial charge in [0, 0.05) is 11.8 Å². The molecule has 116 valence electrons. The summed E-state index contributed by atoms with van der Waals surface area (Å²) in [4.78, 5) is 4.76. The molecule has 0 N–H and O–H groups in total. The van der Waals surface area contributed by atoms with E-state index in [1.54, 1.807) is 0 Å². The fourth-order valence-electron chi connectivity index (χ4n) is 2.83. The van der Waals surface area contributed by atoms with Crippen molar-refractivity contribution >= 4 is 5.65 Å². The molecule has 3 aromatic rings. The number of nitriles is 1. The molecule has 1 aromatic carbocycles. The van der Waals surface area contributed by atoms with E-state index in [1.807, 2.05) is 35.7 Å². The third-order valence-corrected chi connectivity index (χ3v) is 4.20. The second kappa shape index (κ2) is 5.55. The molecule has 0 amide bonds. The second-order valence-electron chi connectivity index (χ2n) is 6.95. The van der Waals surface area contributed by atoms with Crippen molar-refractivity contribution in [1.29, 1.82) is 5.26 Å². The lowest BCUT2D eigenvalue weighted by Crippen LogP contribution is -2.10. The van der Waals surface area contributed by atoms with Crippen molar-refractivity contribution in [3.05, 3.63) is 59.9 Å². The average Bonchev–Trinajstić information content (AvgIpc) is 2.93. The molecule has 3 rings (SSSR count). The van der Waals surface area contributed by atoms with Crippen molar-refractivity contribution in [2.75, 3.05) is 0 Å². The monoisotopic (exact) mass is 303 g/mol. The maximum Gasteiger partial charge on any atom is 0.137 e. The van der Waals surface area contributed by atoms with Crippen molar-refractivity contribution in [2.24, 2.45) is 0 Å². The van der Waals surface area contributed by atoms with Crippen LogP contribution in [0.4, 0.5) is 0 Å². The smallest absolute Gasteiger partial charge is 0.137 e. The van der Waals surface area contributed by atoms with Crippen LogP contribution >= 0.6 is 0 Å². The fraction of sp³-hybridized carbons (Fsp3) is 0.300. The van der Waals surface area contributed by atoms with Gasteiger partial charge in [-0.1, -0.05) is 51.1 Å². The summed E-state index contributed by atoms with van der Waals surface area (Å²) < 4.78 is 2.01. The predicted molar refractivity (Wildman–Crippen MR) is 93.4 cm³/mol. The van der Waals surface area contributed by atoms with Gasteiger partial charge in [0.05, 0.1) is 23.4 Å². The van der Waals surface area contributed by atoms with Crippen molar-refractivity contribution in [2.45, 2.75) is 39.0 Å². The molecule has 0 saturated carbocycles. The first kappa shape index (κ1) is 15.3. The number of hydrogen-bond acceptors (Lipinski definition) is 2. The minimum absolute atomic E-state index is 0.125. The van der Waals surface area contributed by atoms with Gasteiger partial charge < -0.3 is 4.40 Å². The summed E-state index contributed by atoms with van der Waals surface area (Å²) in [6, 6.07) is 16.8. The third-order valence-electron chi connectivity index (χ3n) is 4.20. The lowest BCUT2D eigenvalue weighted by molar-refractivity contribution is 0.590. The number of fused-ring (bicyclic) bond motifs is 1. The largest absolute Gasteiger partial charge is 0.302 e. The first-order valence-corrected chi connectivity index (χ1v) is 7.89. The molecule has 2 aromatic heterocycles. The Labute approximate surface area is 137 Å². The van der Waals surface area contributed by atoms with E-state index in [2.05, 4.69) is 51.1 Å². The molecule has 0 aliphatic heterocycles. The Kier molecular flexibility index (Phi) is 3.69. The number of rotatable bonds is 2. The van der Waals surface area contributed by atoms with E-state index in [0.717, 1.165) is 22.6 Å². The molecule has 2 heterocycles. The first-order chi connectivity index (χ1) is 10.9. The van der Waals surface area contributed by atoms with Crippen LogP contribution in [-0.2, 0) is 5.41 Å². The zero-order valence-corrected chi connectivity index (χ0v) is 14.0. The topological polar surface area (TPSA) is 41.1 Å². The normalized spacial score (nSPS) is 13.0. The van der Waals surface area contributed by atoms with Crippen molar-refractivity contribution in [3.63, 3.8) is 0 Å². The van der Waals surface area contributed by atoms with Gasteiger partial charge in [0.1, 0.15) is 5.65 Å². The zero-order valence-electron chi connectivity index (χ0n) is 14.0. The minimum Gasteiger partial charge on any atom is -0.302 e. The van der Waals surface area contributed by atoms with Gasteiger partial charge in [0.2, 0.25) is 0 Å². The van der Waals surface area contributed by atoms with Crippen molar-refractivity contribution in [3.8, 4) is 17.3 Å². The summed E-state index contributed by atoms with van der Waals surface area (Å²) in [7, 11) is 0. The van der Waals surface area contributed by atoms with Gasteiger partial charge in [0.25, 0.3) is 0 Å². The summed E-state index contributed by atoms with van der Waals surface area (Å²) >= 11 is 0. The van der Waals surface area contributed by atoms with Crippen LogP contribution in [0.3, 0.4) is 0 Å². The SMILES string of the molecule is CC(C#N)c1c(-c2ccc(C(C)(C)C)cc2)nc2ccccn12. The van der Waals surface area contributed by atoms with Crippen LogP contribution < -0.4 is 0 Å². The number of benzene rings is 1. The average molecular weight is 303 g/mol. The molecular formula is C20H21N3. The molecule has 0 aliphatic carbocycles. The molecule has 1 atom stereocenters. The molecular weight excluding hydrogens is 282 g/mol. The Bertz CT molecular complexity index is 874. The van der Waals surface area contributed by atoms with Crippen LogP contribution in [0.5, 0.6) is 0 Å². The number of hydrogen-bond donors (Lipinski definition) is 0. The lowest BCUT2D eigenvalue weighted by atomic mass is 9.86. The van der Waals surface area contributed by atoms with Gasteiger partial charge in [-0.25, -0.2) is 4.98 Å². The summed E-state index contributed by atoms with van der Waals surface area (Å²) in [6.45, 7) is 8.53. The maximum absolute atomic E-state index is 9.40. The molecule has 1 unspecified atom stereocenters. The van der Waals surface area contributed by atoms with Crippen LogP contribution in [0.15, 0.2) is 48.7 Å². The van der Waals surface area contributed by atoms with Crippen LogP contribution in [0, 0.1) is 11.3 Å². The number of aromatic nitrogens is 2. The van der Waals surface area contributed by atoms with Crippen LogP contribution in [0.1, 0.15) is 44.9 Å². The van der Waals surface area contributed by atoms with E-state index in [1.165, 1.54) is 5.56 Å². The van der Waals surface area contributed by atoms with Crippen LogP contribution in [-0.4, -0.2) is 9.38 Å². The second-order valence-corrected chi connectivity index (χ2v) is 6.95. The number of nitrogens with zero attached hydrogens (tertiary/aromatic N) is 3. The minimum atomic E-state index is -0.218. The number of imidazole rings is 1. The highest BCUT2D eigenvalue weighted by Gasteiger charge is 2.20. The van der Waals surface area contributed by atoms with Crippen LogP contribution in [0.25, 0.3) is 16.9 Å². The van der Waals surface area contributed by atoms with Gasteiger partial charge in [-0.2, -0.15) is 5.26 Å². The van der Waals surface area contributed by atoms with Gasteiger partial charge in [0.15, 0.2) is 0 Å². The Morgan fingerprint density at radius 2 is 1.78 bits per heavy atom. The van der Waals surface area contributed by atoms with E-state index in [9.17, 15) is 5.26 Å². The zero-order chi connectivity index (χ0) is 16.6. The molecule has 0 radical (unpaired) electrons. The van der Waals surface area contributed by atoms with E-state index in [4.69, 9.17) is 4.98 Å². The van der Waals surface area contributed by atoms with Crippen molar-refractivity contribution < 1.29 is 0 Å². The Balaban J connectivity index is 2.18. The van der Waals surface area contributed by atoms with E-state index >= 15 is 0 Å². The molecule has 0 bridgehead atoms. The highest BCUT2D eigenvalue weighted by atomic mass is 15.0. The molecule has 3 heteroatoms. The predicted octanol–water partition coefficient (Wildman–Crippen LogP) is 4.93. The van der Waals surface area contributed by atoms with Gasteiger partial charge in [-0.15, -0.1) is 0 Å². The summed E-state index contributed by atoms with van der Waals surface area (Å²) in [5.41, 5.74) is 5.19. The molecule has 0 spiro atoms. The Morgan fingerprint density at radius 1 is 1.09 bits per heavy atom. The highest BCUT2D eigenvalue weighted by molar-refractivity contribution is 5.68. The van der Waals surface area contributed by atoms with Gasteiger partial charge >= 0.3 is 0 Å². The van der Waals surface area contributed by atoms with E-state index < -0.39 is 0 Å². The fourth-order valence-corrected chi connectivity index (χ4v) is 2.83. The Morgan fingerprint density at radius 3 is 2.39 bits per heavy atom. The first-order valence-electron chi connectivity index (χ1n) is 7.89. The standard InChI is InChI=1S/C20H21N3/c1-14(13-21)19-18(22-17-7-5-6-12-23(17)19)15-8-10-16(11-9-15)20(2,3)4/h5-12,14H,1-4H3. The molecule has 0 aliphatic rings. The molecule has 23 heavy (non-hydrogen) atoms. The molecule has 0 saturated heterocycles. The van der Waals surface area contributed by atoms with Crippen LogP contribution in [0.2, 0.25) is 0 Å². The maximum atomic E-state index is 9.40. The Hall–Kier alpha value is -2.60. The third kappa shape index (κ3) is 2.73. The molecule has 0 fully saturated rings. The number of pyridine rings is 1. The lowest BCUT2D eigenvalue weighted by Gasteiger charge is -2.19. The van der Waals surface area contributed by atoms with Crippen molar-refractivity contribution in [1.82, 2.24) is 9.38 Å². The highest BCUT2D eigenvalue weighted by Crippen LogP contribution is 2.31. The van der Waals surface area contributed by atoms with Gasteiger partial charge in [-0.3, -0.25) is 0 Å². The van der Waals surface area contributed by atoms with E-state index in [-0.39, 0.29) is 11.3 Å². The van der Waals surface area contributed by atoms with Gasteiger partial charge in [-0.05, 0) is 30.0 Å².